The van der Waals surface area contributed by atoms with E-state index in [9.17, 15) is 26.4 Å². The van der Waals surface area contributed by atoms with E-state index in [2.05, 4.69) is 19.9 Å². The smallest absolute Gasteiger partial charge is 0.286 e. The van der Waals surface area contributed by atoms with Crippen LogP contribution in [-0.4, -0.2) is 46.1 Å². The summed E-state index contributed by atoms with van der Waals surface area (Å²) in [5, 5.41) is 2.84. The number of anilines is 2. The number of hydrogen-bond acceptors (Lipinski definition) is 9. The molecule has 0 radical (unpaired) electrons. The summed E-state index contributed by atoms with van der Waals surface area (Å²) in [7, 11) is -8.05. The minimum absolute atomic E-state index is 0.0273. The van der Waals surface area contributed by atoms with Crippen LogP contribution in [0.25, 0.3) is 0 Å². The van der Waals surface area contributed by atoms with Crippen molar-refractivity contribution in [1.82, 2.24) is 5.48 Å². The van der Waals surface area contributed by atoms with E-state index in [4.69, 9.17) is 4.84 Å². The quantitative estimate of drug-likeness (QED) is 0.340. The first-order valence-electron chi connectivity index (χ1n) is 11.9. The third-order valence-corrected chi connectivity index (χ3v) is 8.01. The fourth-order valence-electron chi connectivity index (χ4n) is 4.58. The van der Waals surface area contributed by atoms with E-state index in [-0.39, 0.29) is 34.1 Å². The van der Waals surface area contributed by atoms with Crippen molar-refractivity contribution in [3.63, 3.8) is 0 Å². The van der Waals surface area contributed by atoms with Crippen LogP contribution >= 0.6 is 0 Å². The number of hydroxylamine groups is 1. The van der Waals surface area contributed by atoms with Gasteiger partial charge in [0.15, 0.2) is 11.6 Å². The minimum Gasteiger partial charge on any atom is -0.341 e. The highest BCUT2D eigenvalue weighted by Crippen LogP contribution is 2.41. The lowest BCUT2D eigenvalue weighted by Crippen LogP contribution is -2.60. The van der Waals surface area contributed by atoms with Gasteiger partial charge in [-0.2, -0.15) is 13.9 Å². The number of Topliss-reactive ketones (excluding diaryl/α,β-unsaturated/α-hetero) is 2. The van der Waals surface area contributed by atoms with Crippen LogP contribution in [0, 0.1) is 5.92 Å². The summed E-state index contributed by atoms with van der Waals surface area (Å²) in [6.07, 6.45) is 1.77. The summed E-state index contributed by atoms with van der Waals surface area (Å²) in [6.45, 7) is 7.32. The number of sulfonamides is 2. The molecule has 0 fully saturated rings. The van der Waals surface area contributed by atoms with Gasteiger partial charge in [0.2, 0.25) is 10.0 Å². The first kappa shape index (κ1) is 27.9. The molecule has 0 bridgehead atoms. The zero-order valence-corrected chi connectivity index (χ0v) is 23.3. The molecule has 2 aromatic carbocycles. The molecule has 0 amide bonds. The molecule has 0 saturated carbocycles. The Morgan fingerprint density at radius 1 is 1.13 bits per heavy atom. The molecule has 204 valence electrons. The molecule has 38 heavy (non-hydrogen) atoms. The SMILES string of the molecule is CCCC1(NOC(C)(C)C)C(=O)C(C2=NS(=O)(=O)c3cc(NS(C)(=O)=O)ccc3N2)C(=O)c2ccccc21. The van der Waals surface area contributed by atoms with Gasteiger partial charge in [0.05, 0.1) is 17.5 Å². The number of nitrogens with zero attached hydrogens (tertiary/aromatic N) is 1. The van der Waals surface area contributed by atoms with Crippen LogP contribution in [0.15, 0.2) is 51.8 Å². The molecule has 11 nitrogen and oxygen atoms in total. The van der Waals surface area contributed by atoms with Crippen LogP contribution < -0.4 is 15.5 Å². The van der Waals surface area contributed by atoms with E-state index in [0.29, 0.717) is 12.0 Å². The highest BCUT2D eigenvalue weighted by Gasteiger charge is 2.54. The second-order valence-electron chi connectivity index (χ2n) is 10.3. The lowest BCUT2D eigenvalue weighted by Gasteiger charge is -2.42. The van der Waals surface area contributed by atoms with E-state index in [0.717, 1.165) is 12.3 Å². The number of rotatable bonds is 7. The van der Waals surface area contributed by atoms with E-state index in [1.807, 2.05) is 27.7 Å². The first-order chi connectivity index (χ1) is 17.6. The predicted molar refractivity (Wildman–Crippen MR) is 143 cm³/mol. The topological polar surface area (TPSA) is 160 Å². The van der Waals surface area contributed by atoms with Gasteiger partial charge in [-0.15, -0.1) is 4.40 Å². The lowest BCUT2D eigenvalue weighted by atomic mass is 9.68. The largest absolute Gasteiger partial charge is 0.341 e. The van der Waals surface area contributed by atoms with E-state index in [1.54, 1.807) is 24.3 Å². The van der Waals surface area contributed by atoms with Gasteiger partial charge in [-0.3, -0.25) is 19.1 Å². The van der Waals surface area contributed by atoms with Crippen molar-refractivity contribution in [1.29, 1.82) is 0 Å². The summed E-state index contributed by atoms with van der Waals surface area (Å²) in [4.78, 5) is 33.4. The molecule has 1 heterocycles. The number of ketones is 2. The Labute approximate surface area is 222 Å². The lowest BCUT2D eigenvalue weighted by molar-refractivity contribution is -0.150. The minimum atomic E-state index is -4.39. The number of nitrogens with one attached hydrogen (secondary N) is 3. The van der Waals surface area contributed by atoms with E-state index >= 15 is 0 Å². The maximum atomic E-state index is 14.2. The first-order valence-corrected chi connectivity index (χ1v) is 15.3. The van der Waals surface area contributed by atoms with Crippen molar-refractivity contribution in [3.8, 4) is 0 Å². The van der Waals surface area contributed by atoms with E-state index < -0.39 is 48.7 Å². The molecule has 0 spiro atoms. The number of amidine groups is 1. The molecule has 2 aliphatic rings. The molecule has 2 aromatic rings. The fourth-order valence-corrected chi connectivity index (χ4v) is 6.32. The van der Waals surface area contributed by atoms with Crippen LogP contribution in [-0.2, 0) is 35.2 Å². The summed E-state index contributed by atoms with van der Waals surface area (Å²) < 4.78 is 55.6. The van der Waals surface area contributed by atoms with Crippen molar-refractivity contribution in [2.24, 2.45) is 10.3 Å². The zero-order chi connectivity index (χ0) is 28.1. The van der Waals surface area contributed by atoms with Crippen LogP contribution in [0.2, 0.25) is 0 Å². The fraction of sp³-hybridized carbons (Fsp3) is 0.400. The number of carbonyl (C=O) groups is 2. The molecule has 2 unspecified atom stereocenters. The maximum Gasteiger partial charge on any atom is 0.286 e. The molecular weight excluding hydrogens is 532 g/mol. The Bertz CT molecular complexity index is 1560. The standard InChI is InChI=1S/C25H30N4O7S2/c1-6-13-25(29-36-24(2,3)4)17-10-8-7-9-16(17)21(30)20(22(25)31)23-26-18-12-11-15(27-37(5,32)33)14-19(18)38(34,35)28-23/h7-12,14,20,27,29H,6,13H2,1-5H3,(H,26,28). The highest BCUT2D eigenvalue weighted by atomic mass is 32.2. The number of benzene rings is 2. The zero-order valence-electron chi connectivity index (χ0n) is 21.7. The molecular formula is C25H30N4O7S2. The molecule has 0 saturated heterocycles. The maximum absolute atomic E-state index is 14.2. The van der Waals surface area contributed by atoms with E-state index in [1.165, 1.54) is 12.1 Å². The summed E-state index contributed by atoms with van der Waals surface area (Å²) in [5.41, 5.74) is 1.64. The molecule has 0 aromatic heterocycles. The van der Waals surface area contributed by atoms with Crippen molar-refractivity contribution in [2.45, 2.75) is 56.6 Å². The normalized spacial score (nSPS) is 22.7. The Balaban J connectivity index is 1.83. The van der Waals surface area contributed by atoms with Gasteiger partial charge < -0.3 is 5.32 Å². The van der Waals surface area contributed by atoms with Gasteiger partial charge in [0.1, 0.15) is 22.2 Å². The molecule has 13 heteroatoms. The van der Waals surface area contributed by atoms with Crippen molar-refractivity contribution in [3.05, 3.63) is 53.6 Å². The van der Waals surface area contributed by atoms with Gasteiger partial charge >= 0.3 is 0 Å². The Morgan fingerprint density at radius 2 is 1.82 bits per heavy atom. The second kappa shape index (κ2) is 9.56. The van der Waals surface area contributed by atoms with Gasteiger partial charge in [-0.1, -0.05) is 37.6 Å². The van der Waals surface area contributed by atoms with Crippen molar-refractivity contribution in [2.75, 3.05) is 16.3 Å². The highest BCUT2D eigenvalue weighted by molar-refractivity contribution is 7.92. The predicted octanol–water partition coefficient (Wildman–Crippen LogP) is 2.97. The second-order valence-corrected chi connectivity index (χ2v) is 13.7. The van der Waals surface area contributed by atoms with Crippen LogP contribution in [0.3, 0.4) is 0 Å². The summed E-state index contributed by atoms with van der Waals surface area (Å²) in [5.74, 6) is -3.06. The summed E-state index contributed by atoms with van der Waals surface area (Å²) in [6, 6.07) is 10.5. The average molecular weight is 563 g/mol. The number of hydrogen-bond donors (Lipinski definition) is 3. The van der Waals surface area contributed by atoms with Gasteiger partial charge in [-0.25, -0.2) is 8.42 Å². The Morgan fingerprint density at radius 3 is 2.45 bits per heavy atom. The molecule has 3 N–H and O–H groups in total. The van der Waals surface area contributed by atoms with Crippen LogP contribution in [0.1, 0.15) is 56.5 Å². The molecule has 4 rings (SSSR count). The number of carbonyl (C=O) groups excluding carboxylic acids is 2. The Hall–Kier alpha value is -3.13. The van der Waals surface area contributed by atoms with Crippen molar-refractivity contribution >= 4 is 48.8 Å². The van der Waals surface area contributed by atoms with Crippen molar-refractivity contribution < 1.29 is 31.3 Å². The third kappa shape index (κ3) is 5.23. The molecule has 1 aliphatic carbocycles. The monoisotopic (exact) mass is 562 g/mol. The Kier molecular flexibility index (Phi) is 7.02. The van der Waals surface area contributed by atoms with Gasteiger partial charge in [0, 0.05) is 11.3 Å². The molecule has 1 aliphatic heterocycles. The van der Waals surface area contributed by atoms with Gasteiger partial charge in [0.25, 0.3) is 10.0 Å². The number of fused-ring (bicyclic) bond motifs is 2. The van der Waals surface area contributed by atoms with Crippen LogP contribution in [0.4, 0.5) is 11.4 Å². The summed E-state index contributed by atoms with van der Waals surface area (Å²) >= 11 is 0. The molecule has 2 atom stereocenters. The van der Waals surface area contributed by atoms with Crippen LogP contribution in [0.5, 0.6) is 0 Å². The average Bonchev–Trinajstić information content (AvgIpc) is 2.80. The third-order valence-electron chi connectivity index (χ3n) is 6.07. The van der Waals surface area contributed by atoms with Gasteiger partial charge in [-0.05, 0) is 51.0 Å².